The molecule has 0 aliphatic carbocycles. The Balaban J connectivity index is 0.958. The van der Waals surface area contributed by atoms with Crippen molar-refractivity contribution >= 4 is 71.1 Å². The lowest BCUT2D eigenvalue weighted by molar-refractivity contribution is -0.141. The lowest BCUT2D eigenvalue weighted by atomic mass is 10.1. The van der Waals surface area contributed by atoms with E-state index in [1.807, 2.05) is 243 Å². The van der Waals surface area contributed by atoms with E-state index in [2.05, 4.69) is 0 Å². The smallest absolute Gasteiger partial charge is 0.337 e. The molecule has 12 aromatic rings. The number of methoxy groups -OCH3 is 4. The Hall–Kier alpha value is -16.2. The normalized spacial score (nSPS) is 17.4. The van der Waals surface area contributed by atoms with Gasteiger partial charge in [0.1, 0.15) is 0 Å². The van der Waals surface area contributed by atoms with Crippen molar-refractivity contribution in [3.05, 3.63) is 381 Å². The fourth-order valence-corrected chi connectivity index (χ4v) is 17.8. The van der Waals surface area contributed by atoms with Gasteiger partial charge in [-0.15, -0.1) is 0 Å². The summed E-state index contributed by atoms with van der Waals surface area (Å²) in [5, 5.41) is 0. The molecule has 0 spiro atoms. The van der Waals surface area contributed by atoms with Gasteiger partial charge >= 0.3 is 23.9 Å². The van der Waals surface area contributed by atoms with Gasteiger partial charge in [0, 0.05) is 131 Å². The molecule has 8 amide bonds. The number of rotatable bonds is 20. The van der Waals surface area contributed by atoms with Gasteiger partial charge in [0.25, 0.3) is 0 Å². The summed E-state index contributed by atoms with van der Waals surface area (Å²) in [4.78, 5) is 228. The lowest BCUT2D eigenvalue weighted by Crippen LogP contribution is -2.50. The van der Waals surface area contributed by atoms with Crippen LogP contribution in [0.3, 0.4) is 0 Å². The Morgan fingerprint density at radius 2 is 0.333 bits per heavy atom. The summed E-state index contributed by atoms with van der Waals surface area (Å²) in [6, 6.07) is 85.7. The highest BCUT2D eigenvalue weighted by Crippen LogP contribution is 2.29. The number of esters is 4. The third-order valence-electron chi connectivity index (χ3n) is 25.2. The van der Waals surface area contributed by atoms with Gasteiger partial charge in [-0.25, -0.2) is 39.1 Å². The van der Waals surface area contributed by atoms with E-state index in [0.717, 1.165) is 44.5 Å². The monoisotopic (exact) mass is 1940 g/mol. The summed E-state index contributed by atoms with van der Waals surface area (Å²) in [6.07, 6.45) is 0. The Morgan fingerprint density at radius 1 is 0.201 bits per heavy atom. The molecule has 144 heavy (non-hydrogen) atoms. The highest BCUT2D eigenvalue weighted by Gasteiger charge is 2.35. The third-order valence-corrected chi connectivity index (χ3v) is 25.2. The van der Waals surface area contributed by atoms with Gasteiger partial charge in [-0.1, -0.05) is 243 Å². The fourth-order valence-electron chi connectivity index (χ4n) is 17.8. The maximum absolute atomic E-state index is 16.2. The van der Waals surface area contributed by atoms with E-state index in [1.54, 1.807) is 58.8 Å². The summed E-state index contributed by atoms with van der Waals surface area (Å²) < 4.78 is 21.9. The summed E-state index contributed by atoms with van der Waals surface area (Å²) in [6.45, 7) is -5.87. The molecule has 2 fully saturated rings. The Bertz CT molecular complexity index is 5460. The molecule has 740 valence electrons. The number of nitrogens with zero attached hydrogens (tertiary/aromatic N) is 16. The summed E-state index contributed by atoms with van der Waals surface area (Å²) >= 11 is 0. The second kappa shape index (κ2) is 50.3. The van der Waals surface area contributed by atoms with Crippen molar-refractivity contribution in [3.63, 3.8) is 0 Å². The van der Waals surface area contributed by atoms with Crippen LogP contribution in [-0.2, 0) is 136 Å². The van der Waals surface area contributed by atoms with Crippen LogP contribution in [0, 0.1) is 0 Å². The molecule has 0 atom stereocenters. The largest absolute Gasteiger partial charge is 0.465 e. The topological polar surface area (TPSA) is 332 Å². The molecule has 8 aromatic carbocycles. The molecule has 32 nitrogen and oxygen atoms in total. The molecule has 32 heteroatoms. The van der Waals surface area contributed by atoms with Crippen LogP contribution in [0.5, 0.6) is 0 Å². The van der Waals surface area contributed by atoms with Gasteiger partial charge in [-0.3, -0.25) is 58.0 Å². The summed E-state index contributed by atoms with van der Waals surface area (Å²) in [5.41, 5.74) is 6.05. The number of carbonyl (C=O) groups is 12. The van der Waals surface area contributed by atoms with Crippen LogP contribution in [0.1, 0.15) is 109 Å². The van der Waals surface area contributed by atoms with Crippen LogP contribution >= 0.6 is 0 Å². The van der Waals surface area contributed by atoms with E-state index in [9.17, 15) is 19.2 Å². The number of amides is 8. The van der Waals surface area contributed by atoms with Crippen molar-refractivity contribution in [1.82, 2.24) is 78.7 Å². The molecule has 15 rings (SSSR count). The number of hydrogen-bond donors (Lipinski definition) is 0. The minimum atomic E-state index is -0.822. The molecule has 4 aromatic heterocycles. The van der Waals surface area contributed by atoms with Crippen LogP contribution in [0.4, 0.5) is 0 Å². The molecule has 0 N–H and O–H groups in total. The van der Waals surface area contributed by atoms with Gasteiger partial charge in [0.05, 0.1) is 149 Å². The molecule has 0 unspecified atom stereocenters. The van der Waals surface area contributed by atoms with Crippen molar-refractivity contribution in [2.75, 3.05) is 133 Å². The van der Waals surface area contributed by atoms with Crippen LogP contribution in [-0.4, -0.2) is 283 Å². The molecule has 7 heterocycles. The zero-order chi connectivity index (χ0) is 101. The molecule has 12 bridgehead atoms. The van der Waals surface area contributed by atoms with E-state index in [0.29, 0.717) is 0 Å². The average molecular weight is 1940 g/mol. The number of benzene rings is 8. The van der Waals surface area contributed by atoms with E-state index in [-0.39, 0.29) is 199 Å². The number of pyridine rings is 4. The maximum Gasteiger partial charge on any atom is 0.337 e. The molecule has 2 saturated heterocycles. The van der Waals surface area contributed by atoms with E-state index in [4.69, 9.17) is 38.9 Å². The predicted molar refractivity (Wildman–Crippen MR) is 536 cm³/mol. The predicted octanol–water partition coefficient (Wildman–Crippen LogP) is 10.9. The van der Waals surface area contributed by atoms with Gasteiger partial charge < -0.3 is 58.1 Å². The quantitative estimate of drug-likeness (QED) is 0.0389. The van der Waals surface area contributed by atoms with Crippen molar-refractivity contribution in [3.8, 4) is 22.8 Å². The van der Waals surface area contributed by atoms with Crippen LogP contribution in [0.25, 0.3) is 22.8 Å². The average Bonchev–Trinajstić information content (AvgIpc) is 0.800. The number of fused-ring (bicyclic) bond motifs is 28. The second-order valence-corrected chi connectivity index (χ2v) is 35.9. The van der Waals surface area contributed by atoms with Crippen molar-refractivity contribution < 1.29 is 76.5 Å². The molecule has 0 saturated carbocycles. The van der Waals surface area contributed by atoms with Crippen molar-refractivity contribution in [2.45, 2.75) is 78.5 Å². The maximum atomic E-state index is 16.2. The van der Waals surface area contributed by atoms with E-state index >= 15 is 38.4 Å². The minimum absolute atomic E-state index is 0.0000476. The zero-order valence-corrected chi connectivity index (χ0v) is 81.2. The highest BCUT2D eigenvalue weighted by atomic mass is 16.5. The van der Waals surface area contributed by atoms with Gasteiger partial charge in [-0.05, 0) is 93.0 Å². The Morgan fingerprint density at radius 3 is 0.458 bits per heavy atom. The summed E-state index contributed by atoms with van der Waals surface area (Å²) in [7, 11) is 4.83. The second-order valence-electron chi connectivity index (χ2n) is 35.9. The minimum Gasteiger partial charge on any atom is -0.465 e. The molecule has 0 radical (unpaired) electrons. The first-order valence-corrected chi connectivity index (χ1v) is 47.8. The first kappa shape index (κ1) is 102. The number of ether oxygens (including phenoxy) is 4. The van der Waals surface area contributed by atoms with Gasteiger partial charge in [-0.2, -0.15) is 0 Å². The lowest BCUT2D eigenvalue weighted by Gasteiger charge is -2.34. The van der Waals surface area contributed by atoms with Crippen LogP contribution < -0.4 is 0 Å². The number of hydrogen-bond acceptors (Lipinski definition) is 24. The summed E-state index contributed by atoms with van der Waals surface area (Å²) in [5.74, 6) is -7.17. The van der Waals surface area contributed by atoms with E-state index in [1.165, 1.54) is 77.0 Å². The first-order valence-electron chi connectivity index (χ1n) is 47.8. The van der Waals surface area contributed by atoms with E-state index < -0.39 is 123 Å². The van der Waals surface area contributed by atoms with Crippen LogP contribution in [0.15, 0.2) is 291 Å². The highest BCUT2D eigenvalue weighted by molar-refractivity contribution is 5.94. The molecule has 3 aliphatic rings. The Labute approximate surface area is 836 Å². The number of aromatic nitrogens is 4. The SMILES string of the molecule is COC(=O)c1cc2nc(c1)-c1cc(C(=O)OC)cc(n1)CN1CC(=O)N(Cc3ccccc3)CCN(Cc3ccccc3)C(=O)CN(CC(=O)N(Cc3ccccc3)CCN(Cc3ccccc3)C(=O)C1)Cc1cc(C(=O)OC)cc(n1)-c1cc(C(=O)OC)cc(n1)CN1CC(=O)N(Cc3ccccc3)CCN(Cc3ccccc3)C(=O)CN(CC(=O)N(Cc3ccccc3)CCN(Cc3ccccc3)C(=O)C1)C2. The third kappa shape index (κ3) is 29.0. The van der Waals surface area contributed by atoms with Gasteiger partial charge in [0.2, 0.25) is 47.3 Å². The van der Waals surface area contributed by atoms with Crippen molar-refractivity contribution in [1.29, 1.82) is 0 Å². The van der Waals surface area contributed by atoms with Crippen molar-refractivity contribution in [2.24, 2.45) is 0 Å². The standard InChI is InChI=1S/C112H116N16O16/c1-141-109(137)89-53-93-69-117-73-101(129)121(61-81-29-13-5-14-30-81)45-47-123(63-83-33-17-7-18-34-83)105(133)77-119(78-106(134)124(64-84-35-19-8-20-36-84)48-46-122(102(130)74-117)62-82-31-15-6-16-32-82)71-95-55-91(111(139)143-3)59-99(115-95)100-60-92(112(140)144-4)56-96(116-100)72-120-79-107(135)127(67-87-41-25-11-26-42-87)51-49-125(65-85-37-21-9-22-38-85)103(131)75-118(70-94-54-90(110(138)142-2)58-98(114-94)97(57-89)113-93)76-104(132)126(66-86-39-23-10-24-40-86)50-52-128(108(136)80-120)68-88-43-27-12-28-44-88/h5-44,53-60H,45-52,61-80H2,1-4H3. The first-order chi connectivity index (χ1) is 70.0. The Kier molecular flexibility index (Phi) is 35.7. The molecule has 3 aliphatic heterocycles. The molecular weight excluding hydrogens is 1830 g/mol. The molecular formula is C112H116N16O16. The fraction of sp³-hybridized carbons (Fsp3) is 0.286. The number of carbonyl (C=O) groups excluding carboxylic acids is 12. The van der Waals surface area contributed by atoms with Gasteiger partial charge in [0.15, 0.2) is 0 Å². The zero-order valence-electron chi connectivity index (χ0n) is 81.2. The van der Waals surface area contributed by atoms with Crippen LogP contribution in [0.2, 0.25) is 0 Å².